The predicted octanol–water partition coefficient (Wildman–Crippen LogP) is 4.14. The summed E-state index contributed by atoms with van der Waals surface area (Å²) in [6.45, 7) is 5.11. The number of hydrogen-bond donors (Lipinski definition) is 1. The third-order valence-corrected chi connectivity index (χ3v) is 5.10. The molecule has 0 bridgehead atoms. The second-order valence-corrected chi connectivity index (χ2v) is 7.63. The van der Waals surface area contributed by atoms with Gasteiger partial charge in [-0.2, -0.15) is 0 Å². The van der Waals surface area contributed by atoms with Crippen molar-refractivity contribution in [1.29, 1.82) is 0 Å². The number of rotatable bonds is 8. The van der Waals surface area contributed by atoms with Gasteiger partial charge in [-0.1, -0.05) is 38.2 Å². The van der Waals surface area contributed by atoms with Crippen LogP contribution in [-0.2, 0) is 11.3 Å². The summed E-state index contributed by atoms with van der Waals surface area (Å²) in [5.74, 6) is 1.26. The average molecular weight is 377 g/mol. The van der Waals surface area contributed by atoms with Crippen LogP contribution in [0.5, 0.6) is 11.5 Å². The molecule has 5 nitrogen and oxygen atoms in total. The van der Waals surface area contributed by atoms with Crippen LogP contribution in [0.25, 0.3) is 0 Å². The Labute approximate surface area is 164 Å². The summed E-state index contributed by atoms with van der Waals surface area (Å²) in [7, 11) is 3.46. The van der Waals surface area contributed by atoms with E-state index >= 15 is 0 Å². The van der Waals surface area contributed by atoms with Crippen LogP contribution in [0.15, 0.2) is 18.2 Å². The molecule has 0 aliphatic heterocycles. The molecule has 0 spiro atoms. The van der Waals surface area contributed by atoms with E-state index in [4.69, 9.17) is 9.47 Å². The fourth-order valence-electron chi connectivity index (χ4n) is 3.56. The number of amides is 1. The zero-order valence-electron chi connectivity index (χ0n) is 17.4. The summed E-state index contributed by atoms with van der Waals surface area (Å²) in [6.07, 6.45) is 8.76. The van der Waals surface area contributed by atoms with Crippen molar-refractivity contribution < 1.29 is 14.3 Å². The molecular weight excluding hydrogens is 340 g/mol. The first kappa shape index (κ1) is 21.5. The molecular formula is C22H36N2O3. The topological polar surface area (TPSA) is 50.8 Å². The van der Waals surface area contributed by atoms with Crippen LogP contribution in [0.3, 0.4) is 0 Å². The molecule has 1 fully saturated rings. The van der Waals surface area contributed by atoms with Crippen LogP contribution >= 0.6 is 0 Å². The van der Waals surface area contributed by atoms with Crippen molar-refractivity contribution in [3.8, 4) is 11.5 Å². The molecule has 1 aliphatic carbocycles. The smallest absolute Gasteiger partial charge is 0.262 e. The van der Waals surface area contributed by atoms with E-state index in [2.05, 4.69) is 11.4 Å². The number of nitrogens with zero attached hydrogens (tertiary/aromatic N) is 1. The van der Waals surface area contributed by atoms with Crippen LogP contribution in [0.4, 0.5) is 0 Å². The summed E-state index contributed by atoms with van der Waals surface area (Å²) < 4.78 is 11.6. The van der Waals surface area contributed by atoms with E-state index in [0.717, 1.165) is 6.54 Å². The number of carbonyl (C=O) groups excluding carboxylic acids is 1. The highest BCUT2D eigenvalue weighted by Gasteiger charge is 2.19. The van der Waals surface area contributed by atoms with E-state index in [1.807, 2.05) is 19.1 Å². The number of ether oxygens (including phenoxy) is 2. The first-order valence-corrected chi connectivity index (χ1v) is 10.4. The first-order valence-electron chi connectivity index (χ1n) is 10.4. The third kappa shape index (κ3) is 7.06. The molecule has 1 N–H and O–H groups in total. The van der Waals surface area contributed by atoms with Crippen LogP contribution in [0.1, 0.15) is 64.4 Å². The highest BCUT2D eigenvalue weighted by Crippen LogP contribution is 2.30. The van der Waals surface area contributed by atoms with Gasteiger partial charge in [0.2, 0.25) is 0 Å². The maximum atomic E-state index is 12.1. The number of nitrogens with one attached hydrogen (secondary N) is 1. The summed E-state index contributed by atoms with van der Waals surface area (Å²) in [6, 6.07) is 6.61. The lowest BCUT2D eigenvalue weighted by Gasteiger charge is -2.22. The minimum atomic E-state index is -0.543. The number of likely N-dealkylation sites (N-methyl/N-ethyl adjacent to an activating group) is 1. The Morgan fingerprint density at radius 1 is 1.15 bits per heavy atom. The van der Waals surface area contributed by atoms with Crippen molar-refractivity contribution >= 4 is 5.91 Å². The fraction of sp³-hybridized carbons (Fsp3) is 0.682. The van der Waals surface area contributed by atoms with Gasteiger partial charge in [-0.25, -0.2) is 0 Å². The monoisotopic (exact) mass is 376 g/mol. The molecule has 1 saturated carbocycles. The van der Waals surface area contributed by atoms with Gasteiger partial charge in [-0.15, -0.1) is 0 Å². The van der Waals surface area contributed by atoms with Gasteiger partial charge in [0.25, 0.3) is 5.91 Å². The van der Waals surface area contributed by atoms with Crippen LogP contribution in [-0.4, -0.2) is 43.7 Å². The van der Waals surface area contributed by atoms with E-state index < -0.39 is 6.10 Å². The lowest BCUT2D eigenvalue weighted by molar-refractivity contribution is -0.135. The molecule has 1 aromatic carbocycles. The zero-order valence-corrected chi connectivity index (χ0v) is 17.4. The summed E-state index contributed by atoms with van der Waals surface area (Å²) in [5.41, 5.74) is 1.18. The summed E-state index contributed by atoms with van der Waals surface area (Å²) in [5, 5.41) is 3.71. The quantitative estimate of drug-likeness (QED) is 0.741. The molecule has 27 heavy (non-hydrogen) atoms. The molecule has 0 aromatic heterocycles. The number of hydrogen-bond acceptors (Lipinski definition) is 4. The molecule has 0 saturated heterocycles. The SMILES string of the molecule is CCOc1cc(CNC2CCCCCCC2)ccc1OC(C)C(=O)N(C)C. The lowest BCUT2D eigenvalue weighted by Crippen LogP contribution is -2.35. The minimum absolute atomic E-state index is 0.0625. The molecule has 1 aromatic rings. The molecule has 5 heteroatoms. The largest absolute Gasteiger partial charge is 0.490 e. The van der Waals surface area contributed by atoms with E-state index in [9.17, 15) is 4.79 Å². The molecule has 1 aliphatic rings. The molecule has 1 amide bonds. The third-order valence-electron chi connectivity index (χ3n) is 5.10. The van der Waals surface area contributed by atoms with Gasteiger partial charge in [0, 0.05) is 26.7 Å². The maximum absolute atomic E-state index is 12.1. The van der Waals surface area contributed by atoms with Gasteiger partial charge in [-0.3, -0.25) is 4.79 Å². The molecule has 152 valence electrons. The lowest BCUT2D eigenvalue weighted by atomic mass is 9.96. The van der Waals surface area contributed by atoms with Gasteiger partial charge in [0.05, 0.1) is 6.61 Å². The van der Waals surface area contributed by atoms with Crippen molar-refractivity contribution in [2.45, 2.75) is 77.5 Å². The average Bonchev–Trinajstić information content (AvgIpc) is 2.62. The predicted molar refractivity (Wildman–Crippen MR) is 109 cm³/mol. The van der Waals surface area contributed by atoms with Crippen LogP contribution < -0.4 is 14.8 Å². The standard InChI is InChI=1S/C22H36N2O3/c1-5-26-21-15-18(16-23-19-11-9-7-6-8-10-12-19)13-14-20(21)27-17(2)22(25)24(3)4/h13-15,17,19,23H,5-12,16H2,1-4H3. The van der Waals surface area contributed by atoms with Crippen molar-refractivity contribution in [3.05, 3.63) is 23.8 Å². The Hall–Kier alpha value is -1.75. The normalized spacial score (nSPS) is 16.9. The van der Waals surface area contributed by atoms with Crippen molar-refractivity contribution in [3.63, 3.8) is 0 Å². The second kappa shape index (κ2) is 11.2. The van der Waals surface area contributed by atoms with Crippen molar-refractivity contribution in [2.24, 2.45) is 0 Å². The zero-order chi connectivity index (χ0) is 19.6. The Morgan fingerprint density at radius 3 is 2.44 bits per heavy atom. The first-order chi connectivity index (χ1) is 13.0. The van der Waals surface area contributed by atoms with Crippen LogP contribution in [0, 0.1) is 0 Å². The Kier molecular flexibility index (Phi) is 8.92. The molecule has 0 radical (unpaired) electrons. The van der Waals surface area contributed by atoms with Crippen molar-refractivity contribution in [2.75, 3.05) is 20.7 Å². The Balaban J connectivity index is 1.99. The van der Waals surface area contributed by atoms with Gasteiger partial charge >= 0.3 is 0 Å². The van der Waals surface area contributed by atoms with Gasteiger partial charge < -0.3 is 19.7 Å². The van der Waals surface area contributed by atoms with E-state index in [0.29, 0.717) is 24.1 Å². The highest BCUT2D eigenvalue weighted by molar-refractivity contribution is 5.80. The molecule has 0 heterocycles. The molecule has 2 rings (SSSR count). The second-order valence-electron chi connectivity index (χ2n) is 7.63. The Bertz CT molecular complexity index is 581. The summed E-state index contributed by atoms with van der Waals surface area (Å²) >= 11 is 0. The van der Waals surface area contributed by atoms with Gasteiger partial charge in [-0.05, 0) is 44.4 Å². The van der Waals surface area contributed by atoms with E-state index in [-0.39, 0.29) is 5.91 Å². The summed E-state index contributed by atoms with van der Waals surface area (Å²) in [4.78, 5) is 13.6. The molecule has 1 atom stereocenters. The maximum Gasteiger partial charge on any atom is 0.262 e. The molecule has 1 unspecified atom stereocenters. The highest BCUT2D eigenvalue weighted by atomic mass is 16.5. The number of carbonyl (C=O) groups is 1. The Morgan fingerprint density at radius 2 is 1.81 bits per heavy atom. The minimum Gasteiger partial charge on any atom is -0.490 e. The van der Waals surface area contributed by atoms with Gasteiger partial charge in [0.15, 0.2) is 17.6 Å². The number of benzene rings is 1. The van der Waals surface area contributed by atoms with Gasteiger partial charge in [0.1, 0.15) is 0 Å². The fourth-order valence-corrected chi connectivity index (χ4v) is 3.56. The van der Waals surface area contributed by atoms with E-state index in [1.54, 1.807) is 21.0 Å². The van der Waals surface area contributed by atoms with Crippen molar-refractivity contribution in [1.82, 2.24) is 10.2 Å². The van der Waals surface area contributed by atoms with E-state index in [1.165, 1.54) is 55.4 Å². The van der Waals surface area contributed by atoms with Crippen LogP contribution in [0.2, 0.25) is 0 Å².